The van der Waals surface area contributed by atoms with Crippen LogP contribution in [0, 0.1) is 0 Å². The summed E-state index contributed by atoms with van der Waals surface area (Å²) in [4.78, 5) is 0. The number of methoxy groups -OCH3 is 1. The van der Waals surface area contributed by atoms with Crippen molar-refractivity contribution in [2.45, 2.75) is 17.2 Å². The zero-order valence-electron chi connectivity index (χ0n) is 8.66. The molecule has 0 spiro atoms. The molecule has 92 valence electrons. The third-order valence-electron chi connectivity index (χ3n) is 1.85. The summed E-state index contributed by atoms with van der Waals surface area (Å²) in [5, 5.41) is 0.394. The van der Waals surface area contributed by atoms with Gasteiger partial charge in [-0.3, -0.25) is 0 Å². The van der Waals surface area contributed by atoms with Crippen LogP contribution in [0.1, 0.15) is 6.92 Å². The summed E-state index contributed by atoms with van der Waals surface area (Å²) in [7, 11) is -1.97. The normalized spacial score (nSPS) is 14.0. The van der Waals surface area contributed by atoms with Gasteiger partial charge in [0.1, 0.15) is 4.21 Å². The molecule has 1 N–H and O–H groups in total. The summed E-state index contributed by atoms with van der Waals surface area (Å²) >= 11 is 10.0. The van der Waals surface area contributed by atoms with Crippen LogP contribution in [0.2, 0.25) is 5.02 Å². The Morgan fingerprint density at radius 2 is 2.31 bits per heavy atom. The lowest BCUT2D eigenvalue weighted by atomic mass is 10.4. The van der Waals surface area contributed by atoms with Crippen molar-refractivity contribution < 1.29 is 13.2 Å². The first-order valence-corrected chi connectivity index (χ1v) is 7.81. The largest absolute Gasteiger partial charge is 0.380 e. The first-order valence-electron chi connectivity index (χ1n) is 4.34. The fraction of sp³-hybridized carbons (Fsp3) is 0.500. The van der Waals surface area contributed by atoms with Crippen LogP contribution in [0.15, 0.2) is 14.1 Å². The Morgan fingerprint density at radius 1 is 1.69 bits per heavy atom. The number of hydrogen-bond acceptors (Lipinski definition) is 4. The molecule has 0 aliphatic rings. The van der Waals surface area contributed by atoms with Gasteiger partial charge in [0, 0.05) is 13.7 Å². The highest BCUT2D eigenvalue weighted by Crippen LogP contribution is 2.34. The zero-order valence-corrected chi connectivity index (χ0v) is 12.6. The Morgan fingerprint density at radius 3 is 2.75 bits per heavy atom. The van der Waals surface area contributed by atoms with E-state index in [9.17, 15) is 8.42 Å². The second-order valence-electron chi connectivity index (χ2n) is 3.09. The maximum absolute atomic E-state index is 11.8. The standard InChI is InChI=1S/C8H11BrClNO3S2/c1-5(14-2)4-11-16(12,13)7-3-6(10)8(9)15-7/h3,5,11H,4H2,1-2H3. The van der Waals surface area contributed by atoms with Crippen LogP contribution in [0.3, 0.4) is 0 Å². The number of nitrogens with one attached hydrogen (secondary N) is 1. The second kappa shape index (κ2) is 5.79. The number of thiophene rings is 1. The summed E-state index contributed by atoms with van der Waals surface area (Å²) in [6.45, 7) is 2.01. The smallest absolute Gasteiger partial charge is 0.250 e. The van der Waals surface area contributed by atoms with Crippen LogP contribution in [-0.2, 0) is 14.8 Å². The lowest BCUT2D eigenvalue weighted by Gasteiger charge is -2.09. The zero-order chi connectivity index (χ0) is 12.3. The van der Waals surface area contributed by atoms with Crippen LogP contribution in [0.5, 0.6) is 0 Å². The Balaban J connectivity index is 2.78. The Labute approximate surface area is 112 Å². The monoisotopic (exact) mass is 347 g/mol. The van der Waals surface area contributed by atoms with E-state index in [1.165, 1.54) is 13.2 Å². The van der Waals surface area contributed by atoms with Crippen molar-refractivity contribution >= 4 is 48.9 Å². The molecule has 1 aromatic rings. The van der Waals surface area contributed by atoms with Gasteiger partial charge in [-0.15, -0.1) is 11.3 Å². The summed E-state index contributed by atoms with van der Waals surface area (Å²) in [5.74, 6) is 0. The van der Waals surface area contributed by atoms with Crippen molar-refractivity contribution in [3.8, 4) is 0 Å². The molecule has 0 aliphatic carbocycles. The molecule has 0 bridgehead atoms. The van der Waals surface area contributed by atoms with E-state index in [4.69, 9.17) is 16.3 Å². The molecule has 1 heterocycles. The highest BCUT2D eigenvalue weighted by molar-refractivity contribution is 9.11. The second-order valence-corrected chi connectivity index (χ2v) is 7.86. The molecule has 0 amide bonds. The van der Waals surface area contributed by atoms with Gasteiger partial charge in [-0.25, -0.2) is 13.1 Å². The van der Waals surface area contributed by atoms with Crippen molar-refractivity contribution in [3.05, 3.63) is 14.9 Å². The van der Waals surface area contributed by atoms with Crippen molar-refractivity contribution in [1.82, 2.24) is 4.72 Å². The van der Waals surface area contributed by atoms with Crippen LogP contribution in [0.25, 0.3) is 0 Å². The number of rotatable bonds is 5. The molecule has 0 aliphatic heterocycles. The molecule has 1 atom stereocenters. The van der Waals surface area contributed by atoms with Crippen LogP contribution >= 0.6 is 38.9 Å². The van der Waals surface area contributed by atoms with Gasteiger partial charge in [0.15, 0.2) is 0 Å². The van der Waals surface area contributed by atoms with Gasteiger partial charge in [0.05, 0.1) is 14.9 Å². The Bertz CT molecular complexity index is 440. The molecule has 0 aromatic carbocycles. The summed E-state index contributed by atoms with van der Waals surface area (Å²) in [6, 6.07) is 1.41. The summed E-state index contributed by atoms with van der Waals surface area (Å²) in [5.41, 5.74) is 0. The highest BCUT2D eigenvalue weighted by Gasteiger charge is 2.19. The first kappa shape index (κ1) is 14.4. The molecule has 0 saturated heterocycles. The minimum absolute atomic E-state index is 0.173. The first-order chi connectivity index (χ1) is 7.36. The Kier molecular flexibility index (Phi) is 5.21. The van der Waals surface area contributed by atoms with Gasteiger partial charge in [0.2, 0.25) is 10.0 Å². The number of halogens is 2. The third kappa shape index (κ3) is 3.68. The lowest BCUT2D eigenvalue weighted by Crippen LogP contribution is -2.31. The molecule has 8 heteroatoms. The van der Waals surface area contributed by atoms with Gasteiger partial charge >= 0.3 is 0 Å². The van der Waals surface area contributed by atoms with E-state index >= 15 is 0 Å². The van der Waals surface area contributed by atoms with Crippen LogP contribution in [-0.4, -0.2) is 28.2 Å². The number of ether oxygens (including phenoxy) is 1. The van der Waals surface area contributed by atoms with Crippen molar-refractivity contribution in [2.24, 2.45) is 0 Å². The molecule has 0 saturated carbocycles. The minimum atomic E-state index is -3.49. The number of sulfonamides is 1. The fourth-order valence-electron chi connectivity index (χ4n) is 0.841. The molecule has 0 radical (unpaired) electrons. The molecular formula is C8H11BrClNO3S2. The molecule has 4 nitrogen and oxygen atoms in total. The van der Waals surface area contributed by atoms with Crippen LogP contribution < -0.4 is 4.72 Å². The van der Waals surface area contributed by atoms with Gasteiger partial charge in [-0.05, 0) is 28.9 Å². The highest BCUT2D eigenvalue weighted by atomic mass is 79.9. The quantitative estimate of drug-likeness (QED) is 0.889. The molecule has 0 fully saturated rings. The molecule has 16 heavy (non-hydrogen) atoms. The SMILES string of the molecule is COC(C)CNS(=O)(=O)c1cc(Cl)c(Br)s1. The minimum Gasteiger partial charge on any atom is -0.380 e. The molecular weight excluding hydrogens is 338 g/mol. The average Bonchev–Trinajstić information content (AvgIpc) is 2.56. The Hall–Kier alpha value is 0.340. The van der Waals surface area contributed by atoms with Gasteiger partial charge in [0.25, 0.3) is 0 Å². The van der Waals surface area contributed by atoms with Crippen LogP contribution in [0.4, 0.5) is 0 Å². The lowest BCUT2D eigenvalue weighted by molar-refractivity contribution is 0.122. The summed E-state index contributed by atoms with van der Waals surface area (Å²) in [6.07, 6.45) is -0.173. The van der Waals surface area contributed by atoms with E-state index in [-0.39, 0.29) is 16.9 Å². The van der Waals surface area contributed by atoms with E-state index in [1.54, 1.807) is 6.92 Å². The summed E-state index contributed by atoms with van der Waals surface area (Å²) < 4.78 is 31.8. The third-order valence-corrected chi connectivity index (χ3v) is 6.22. The molecule has 1 aromatic heterocycles. The predicted octanol–water partition coefficient (Wildman–Crippen LogP) is 2.48. The van der Waals surface area contributed by atoms with E-state index in [1.807, 2.05) is 0 Å². The van der Waals surface area contributed by atoms with E-state index < -0.39 is 10.0 Å². The van der Waals surface area contributed by atoms with E-state index in [0.717, 1.165) is 11.3 Å². The van der Waals surface area contributed by atoms with Gasteiger partial charge in [-0.1, -0.05) is 11.6 Å². The van der Waals surface area contributed by atoms with Crippen molar-refractivity contribution in [2.75, 3.05) is 13.7 Å². The topological polar surface area (TPSA) is 55.4 Å². The number of hydrogen-bond donors (Lipinski definition) is 1. The molecule has 1 unspecified atom stereocenters. The predicted molar refractivity (Wildman–Crippen MR) is 68.7 cm³/mol. The van der Waals surface area contributed by atoms with Crippen molar-refractivity contribution in [1.29, 1.82) is 0 Å². The molecule has 1 rings (SSSR count). The average molecular weight is 349 g/mol. The van der Waals surface area contributed by atoms with Gasteiger partial charge in [-0.2, -0.15) is 0 Å². The fourth-order valence-corrected chi connectivity index (χ4v) is 4.40. The van der Waals surface area contributed by atoms with E-state index in [2.05, 4.69) is 20.7 Å². The maximum atomic E-state index is 11.8. The van der Waals surface area contributed by atoms with Crippen molar-refractivity contribution in [3.63, 3.8) is 0 Å². The van der Waals surface area contributed by atoms with Gasteiger partial charge < -0.3 is 4.74 Å². The van der Waals surface area contributed by atoms with E-state index in [0.29, 0.717) is 8.81 Å². The maximum Gasteiger partial charge on any atom is 0.250 e.